The third-order valence-electron chi connectivity index (χ3n) is 4.22. The predicted molar refractivity (Wildman–Crippen MR) is 138 cm³/mol. The number of anilines is 2. The van der Waals surface area contributed by atoms with Crippen LogP contribution in [0, 0.1) is 0 Å². The largest absolute Gasteiger partial charge is 0.462 e. The highest BCUT2D eigenvalue weighted by atomic mass is 32.2. The van der Waals surface area contributed by atoms with Crippen molar-refractivity contribution in [1.29, 1.82) is 0 Å². The van der Waals surface area contributed by atoms with Gasteiger partial charge in [-0.2, -0.15) is 0 Å². The molecule has 0 atom stereocenters. The average molecular weight is 535 g/mol. The quantitative estimate of drug-likeness (QED) is 0.295. The molecule has 3 rings (SSSR count). The predicted octanol–water partition coefficient (Wildman–Crippen LogP) is 3.87. The van der Waals surface area contributed by atoms with E-state index in [9.17, 15) is 19.2 Å². The van der Waals surface area contributed by atoms with E-state index in [1.54, 1.807) is 45.0 Å². The van der Waals surface area contributed by atoms with E-state index >= 15 is 0 Å². The number of esters is 2. The van der Waals surface area contributed by atoms with Gasteiger partial charge in [-0.05, 0) is 32.9 Å². The van der Waals surface area contributed by atoms with Crippen LogP contribution in [0.4, 0.5) is 15.6 Å². The number of aromatic nitrogens is 1. The van der Waals surface area contributed by atoms with Crippen LogP contribution in [-0.2, 0) is 23.9 Å². The van der Waals surface area contributed by atoms with Crippen LogP contribution in [0.1, 0.15) is 26.5 Å². The monoisotopic (exact) mass is 534 g/mol. The first-order chi connectivity index (χ1) is 16.7. The summed E-state index contributed by atoms with van der Waals surface area (Å²) in [6.07, 6.45) is -0.355. The summed E-state index contributed by atoms with van der Waals surface area (Å²) in [6.45, 7) is 4.69. The van der Waals surface area contributed by atoms with E-state index in [1.807, 2.05) is 6.07 Å². The van der Waals surface area contributed by atoms with Crippen LogP contribution < -0.4 is 10.6 Å². The average Bonchev–Trinajstić information content (AvgIpc) is 3.34. The van der Waals surface area contributed by atoms with Gasteiger partial charge in [0.2, 0.25) is 0 Å². The number of urea groups is 1. The highest BCUT2D eigenvalue weighted by Gasteiger charge is 2.39. The molecule has 10 nitrogen and oxygen atoms in total. The van der Waals surface area contributed by atoms with E-state index < -0.39 is 23.9 Å². The molecule has 35 heavy (non-hydrogen) atoms. The third-order valence-corrected chi connectivity index (χ3v) is 6.43. The second-order valence-corrected chi connectivity index (χ2v) is 9.71. The second-order valence-electron chi connectivity index (χ2n) is 7.21. The molecule has 1 fully saturated rings. The molecule has 1 aromatic carbocycles. The Morgan fingerprint density at radius 2 is 1.89 bits per heavy atom. The summed E-state index contributed by atoms with van der Waals surface area (Å²) in [5.41, 5.74) is 0.624. The molecular weight excluding hydrogens is 512 g/mol. The molecule has 1 aromatic heterocycles. The Balaban J connectivity index is 1.84. The molecule has 0 unspecified atom stereocenters. The van der Waals surface area contributed by atoms with Crippen molar-refractivity contribution in [1.82, 2.24) is 9.88 Å². The maximum absolute atomic E-state index is 13.1. The smallest absolute Gasteiger partial charge is 0.341 e. The highest BCUT2D eigenvalue weighted by Crippen LogP contribution is 2.38. The minimum atomic E-state index is -0.775. The maximum atomic E-state index is 13.1. The number of nitrogens with zero attached hydrogens (tertiary/aromatic N) is 2. The number of ether oxygens (including phenoxy) is 2. The van der Waals surface area contributed by atoms with Crippen LogP contribution in [0.25, 0.3) is 5.57 Å². The first-order valence-corrected chi connectivity index (χ1v) is 12.5. The molecule has 184 valence electrons. The number of thiazole rings is 1. The molecule has 0 radical (unpaired) electrons. The molecule has 0 bridgehead atoms. The van der Waals surface area contributed by atoms with Crippen molar-refractivity contribution in [2.75, 3.05) is 23.8 Å². The Kier molecular flexibility index (Phi) is 8.95. The van der Waals surface area contributed by atoms with Crippen LogP contribution in [0.5, 0.6) is 0 Å². The van der Waals surface area contributed by atoms with Gasteiger partial charge < -0.3 is 14.8 Å². The molecule has 0 aliphatic carbocycles. The SMILES string of the molecule is CCOC(=O)C(=C1SC(=S)N(CC(=O)OC(C)C)C1=O)c1csc(NC(=O)Nc2ccccc2)n1. The highest BCUT2D eigenvalue weighted by molar-refractivity contribution is 8.26. The summed E-state index contributed by atoms with van der Waals surface area (Å²) in [4.78, 5) is 55.6. The Morgan fingerprint density at radius 1 is 1.17 bits per heavy atom. The zero-order chi connectivity index (χ0) is 25.5. The van der Waals surface area contributed by atoms with Gasteiger partial charge in [-0.3, -0.25) is 19.8 Å². The topological polar surface area (TPSA) is 127 Å². The van der Waals surface area contributed by atoms with Crippen LogP contribution >= 0.6 is 35.3 Å². The van der Waals surface area contributed by atoms with Crippen LogP contribution in [0.2, 0.25) is 0 Å². The van der Waals surface area contributed by atoms with Gasteiger partial charge in [0.05, 0.1) is 23.3 Å². The number of thiocarbonyl (C=S) groups is 1. The molecule has 1 aliphatic heterocycles. The summed E-state index contributed by atoms with van der Waals surface area (Å²) in [6, 6.07) is 8.31. The van der Waals surface area contributed by atoms with Gasteiger partial charge >= 0.3 is 18.0 Å². The number of hydrogen-bond donors (Lipinski definition) is 2. The van der Waals surface area contributed by atoms with Crippen molar-refractivity contribution in [2.24, 2.45) is 0 Å². The van der Waals surface area contributed by atoms with Crippen molar-refractivity contribution in [3.63, 3.8) is 0 Å². The van der Waals surface area contributed by atoms with Crippen molar-refractivity contribution < 1.29 is 28.7 Å². The lowest BCUT2D eigenvalue weighted by Gasteiger charge is -2.15. The van der Waals surface area contributed by atoms with E-state index in [-0.39, 0.29) is 44.9 Å². The molecule has 0 saturated carbocycles. The number of rotatable bonds is 8. The molecule has 2 N–H and O–H groups in total. The number of benzene rings is 1. The number of amides is 3. The fraction of sp³-hybridized carbons (Fsp3) is 0.273. The number of carbonyl (C=O) groups is 4. The summed E-state index contributed by atoms with van der Waals surface area (Å²) in [5, 5.41) is 6.98. The fourth-order valence-corrected chi connectivity index (χ4v) is 4.87. The summed E-state index contributed by atoms with van der Waals surface area (Å²) < 4.78 is 10.3. The standard InChI is InChI=1S/C22H22N4O6S3/c1-4-31-19(29)16(17-18(28)26(22(33)35-17)10-15(27)32-12(2)3)14-11-34-21(24-14)25-20(30)23-13-8-6-5-7-9-13/h5-9,11-12H,4,10H2,1-3H3,(H2,23,24,25,30). The van der Waals surface area contributed by atoms with Crippen LogP contribution in [0.3, 0.4) is 0 Å². The summed E-state index contributed by atoms with van der Waals surface area (Å²) in [5.74, 6) is -2.03. The molecular formula is C22H22N4O6S3. The minimum absolute atomic E-state index is 0.0172. The van der Waals surface area contributed by atoms with Gasteiger partial charge in [0.15, 0.2) is 5.13 Å². The lowest BCUT2D eigenvalue weighted by atomic mass is 10.2. The number of thioether (sulfide) groups is 1. The third kappa shape index (κ3) is 6.87. The van der Waals surface area contributed by atoms with Crippen LogP contribution in [0.15, 0.2) is 40.6 Å². The van der Waals surface area contributed by atoms with Gasteiger partial charge in [0.1, 0.15) is 16.4 Å². The van der Waals surface area contributed by atoms with Gasteiger partial charge in [-0.25, -0.2) is 14.6 Å². The number of hydrogen-bond acceptors (Lipinski definition) is 10. The Hall–Kier alpha value is -3.29. The van der Waals surface area contributed by atoms with Gasteiger partial charge in [-0.1, -0.05) is 42.2 Å². The van der Waals surface area contributed by atoms with E-state index in [0.717, 1.165) is 28.0 Å². The lowest BCUT2D eigenvalue weighted by Crippen LogP contribution is -2.35. The maximum Gasteiger partial charge on any atom is 0.341 e. The zero-order valence-corrected chi connectivity index (χ0v) is 21.5. The molecule has 1 aliphatic rings. The molecule has 3 amide bonds. The van der Waals surface area contributed by atoms with Gasteiger partial charge in [0, 0.05) is 11.1 Å². The summed E-state index contributed by atoms with van der Waals surface area (Å²) in [7, 11) is 0. The van der Waals surface area contributed by atoms with Gasteiger partial charge in [0.25, 0.3) is 5.91 Å². The zero-order valence-electron chi connectivity index (χ0n) is 19.0. The van der Waals surface area contributed by atoms with E-state index in [1.165, 1.54) is 5.38 Å². The van der Waals surface area contributed by atoms with Crippen molar-refractivity contribution in [3.8, 4) is 0 Å². The van der Waals surface area contributed by atoms with E-state index in [0.29, 0.717) is 5.69 Å². The first-order valence-electron chi connectivity index (χ1n) is 10.4. The Bertz CT molecular complexity index is 1180. The fourth-order valence-electron chi connectivity index (χ4n) is 2.86. The van der Waals surface area contributed by atoms with Crippen molar-refractivity contribution in [3.05, 3.63) is 46.3 Å². The van der Waals surface area contributed by atoms with E-state index in [2.05, 4.69) is 15.6 Å². The molecule has 13 heteroatoms. The van der Waals surface area contributed by atoms with Gasteiger partial charge in [-0.15, -0.1) is 11.3 Å². The Labute approximate surface area is 215 Å². The number of para-hydroxylation sites is 1. The first kappa shape index (κ1) is 26.3. The normalized spacial score (nSPS) is 14.7. The number of carbonyl (C=O) groups excluding carboxylic acids is 4. The molecule has 2 aromatic rings. The van der Waals surface area contributed by atoms with Crippen molar-refractivity contribution in [2.45, 2.75) is 26.9 Å². The Morgan fingerprint density at radius 3 is 2.54 bits per heavy atom. The molecule has 2 heterocycles. The molecule has 1 saturated heterocycles. The summed E-state index contributed by atoms with van der Waals surface area (Å²) >= 11 is 7.20. The van der Waals surface area contributed by atoms with E-state index in [4.69, 9.17) is 21.7 Å². The number of nitrogens with one attached hydrogen (secondary N) is 2. The van der Waals surface area contributed by atoms with Crippen LogP contribution in [-0.4, -0.2) is 57.3 Å². The lowest BCUT2D eigenvalue weighted by molar-refractivity contribution is -0.149. The molecule has 0 spiro atoms. The second kappa shape index (κ2) is 11.9. The van der Waals surface area contributed by atoms with Crippen molar-refractivity contribution >= 4 is 79.9 Å². The minimum Gasteiger partial charge on any atom is -0.462 e.